The van der Waals surface area contributed by atoms with Crippen molar-refractivity contribution in [3.63, 3.8) is 0 Å². The fourth-order valence-corrected chi connectivity index (χ4v) is 2.81. The summed E-state index contributed by atoms with van der Waals surface area (Å²) < 4.78 is 0. The molecule has 2 rings (SSSR count). The first-order chi connectivity index (χ1) is 9.38. The third-order valence-electron chi connectivity index (χ3n) is 3.69. The van der Waals surface area contributed by atoms with Crippen LogP contribution in [0.3, 0.4) is 0 Å². The second kappa shape index (κ2) is 7.68. The van der Waals surface area contributed by atoms with Crippen LogP contribution in [0.4, 0.5) is 0 Å². The molecule has 118 valence electrons. The van der Waals surface area contributed by atoms with Crippen molar-refractivity contribution in [1.29, 1.82) is 0 Å². The van der Waals surface area contributed by atoms with E-state index in [2.05, 4.69) is 10.6 Å². The third kappa shape index (κ3) is 5.03. The van der Waals surface area contributed by atoms with Crippen LogP contribution in [-0.4, -0.2) is 18.5 Å². The zero-order chi connectivity index (χ0) is 14.8. The van der Waals surface area contributed by atoms with Crippen molar-refractivity contribution in [3.05, 3.63) is 33.8 Å². The maximum Gasteiger partial charge on any atom is 0.222 e. The van der Waals surface area contributed by atoms with Crippen molar-refractivity contribution < 1.29 is 4.79 Å². The lowest BCUT2D eigenvalue weighted by Crippen LogP contribution is -2.43. The van der Waals surface area contributed by atoms with E-state index in [-0.39, 0.29) is 18.3 Å². The number of rotatable bonds is 4. The van der Waals surface area contributed by atoms with Gasteiger partial charge in [0.25, 0.3) is 0 Å². The highest BCUT2D eigenvalue weighted by atomic mass is 35.5. The van der Waals surface area contributed by atoms with Crippen LogP contribution >= 0.6 is 35.6 Å². The van der Waals surface area contributed by atoms with Crippen LogP contribution < -0.4 is 10.6 Å². The molecule has 0 bridgehead atoms. The Hall–Kier alpha value is -0.480. The molecule has 0 aliphatic carbocycles. The van der Waals surface area contributed by atoms with E-state index in [1.807, 2.05) is 19.9 Å². The average Bonchev–Trinajstić information content (AvgIpc) is 2.84. The number of benzene rings is 1. The third-order valence-corrected chi connectivity index (χ3v) is 4.43. The molecule has 1 aliphatic rings. The lowest BCUT2D eigenvalue weighted by Gasteiger charge is -2.28. The van der Waals surface area contributed by atoms with Crippen LogP contribution in [0.5, 0.6) is 0 Å². The van der Waals surface area contributed by atoms with Gasteiger partial charge < -0.3 is 10.6 Å². The smallest absolute Gasteiger partial charge is 0.222 e. The fourth-order valence-electron chi connectivity index (χ4n) is 2.51. The van der Waals surface area contributed by atoms with Gasteiger partial charge in [0.2, 0.25) is 5.91 Å². The largest absolute Gasteiger partial charge is 0.347 e. The van der Waals surface area contributed by atoms with Crippen LogP contribution in [0.1, 0.15) is 38.7 Å². The molecule has 1 saturated heterocycles. The van der Waals surface area contributed by atoms with Gasteiger partial charge in [-0.15, -0.1) is 12.4 Å². The maximum atomic E-state index is 12.1. The molecule has 3 nitrogen and oxygen atoms in total. The summed E-state index contributed by atoms with van der Waals surface area (Å²) in [6.07, 6.45) is 2.74. The molecule has 1 amide bonds. The predicted octanol–water partition coefficient (Wildman–Crippen LogP) is 3.91. The minimum Gasteiger partial charge on any atom is -0.347 e. The molecule has 21 heavy (non-hydrogen) atoms. The van der Waals surface area contributed by atoms with Crippen LogP contribution in [0, 0.1) is 0 Å². The first-order valence-electron chi connectivity index (χ1n) is 6.88. The van der Waals surface area contributed by atoms with Crippen LogP contribution in [0.15, 0.2) is 18.2 Å². The van der Waals surface area contributed by atoms with E-state index in [4.69, 9.17) is 23.2 Å². The number of amides is 1. The maximum absolute atomic E-state index is 12.1. The SMILES string of the molecule is CC(C)(NC(=O)CC1CCCN1)c1ccc(Cl)c(Cl)c1.Cl. The molecule has 1 aromatic rings. The Morgan fingerprint density at radius 1 is 1.38 bits per heavy atom. The number of halogens is 3. The minimum atomic E-state index is -0.468. The lowest BCUT2D eigenvalue weighted by atomic mass is 9.94. The Balaban J connectivity index is 0.00000220. The van der Waals surface area contributed by atoms with Gasteiger partial charge in [-0.25, -0.2) is 0 Å². The van der Waals surface area contributed by atoms with E-state index in [1.54, 1.807) is 12.1 Å². The highest BCUT2D eigenvalue weighted by Gasteiger charge is 2.25. The van der Waals surface area contributed by atoms with E-state index in [1.165, 1.54) is 0 Å². The summed E-state index contributed by atoms with van der Waals surface area (Å²) in [5.74, 6) is 0.0560. The molecular weight excluding hydrogens is 331 g/mol. The summed E-state index contributed by atoms with van der Waals surface area (Å²) >= 11 is 12.0. The fraction of sp³-hybridized carbons (Fsp3) is 0.533. The van der Waals surface area contributed by atoms with Crippen LogP contribution in [0.25, 0.3) is 0 Å². The summed E-state index contributed by atoms with van der Waals surface area (Å²) in [4.78, 5) is 12.1. The lowest BCUT2D eigenvalue weighted by molar-refractivity contribution is -0.123. The number of carbonyl (C=O) groups is 1. The van der Waals surface area contributed by atoms with Gasteiger partial charge in [0.1, 0.15) is 0 Å². The summed E-state index contributed by atoms with van der Waals surface area (Å²) in [6, 6.07) is 5.76. The Kier molecular flexibility index (Phi) is 6.79. The summed E-state index contributed by atoms with van der Waals surface area (Å²) in [5.41, 5.74) is 0.476. The first kappa shape index (κ1) is 18.6. The molecule has 1 fully saturated rings. The highest BCUT2D eigenvalue weighted by Crippen LogP contribution is 2.28. The van der Waals surface area contributed by atoms with Gasteiger partial charge in [-0.1, -0.05) is 29.3 Å². The normalized spacial score (nSPS) is 18.2. The van der Waals surface area contributed by atoms with Gasteiger partial charge in [-0.3, -0.25) is 4.79 Å². The zero-order valence-electron chi connectivity index (χ0n) is 12.2. The zero-order valence-corrected chi connectivity index (χ0v) is 14.5. The average molecular weight is 352 g/mol. The second-order valence-corrected chi connectivity index (χ2v) is 6.61. The van der Waals surface area contributed by atoms with Crippen molar-refractivity contribution in [2.45, 2.75) is 44.7 Å². The monoisotopic (exact) mass is 350 g/mol. The van der Waals surface area contributed by atoms with Crippen molar-refractivity contribution in [2.75, 3.05) is 6.54 Å². The van der Waals surface area contributed by atoms with E-state index in [9.17, 15) is 4.79 Å². The molecule has 0 aromatic heterocycles. The number of nitrogens with one attached hydrogen (secondary N) is 2. The van der Waals surface area contributed by atoms with E-state index < -0.39 is 5.54 Å². The summed E-state index contributed by atoms with van der Waals surface area (Å²) in [7, 11) is 0. The van der Waals surface area contributed by atoms with Gasteiger partial charge in [-0.05, 0) is 50.9 Å². The molecule has 6 heteroatoms. The molecule has 0 spiro atoms. The molecule has 1 heterocycles. The van der Waals surface area contributed by atoms with Crippen molar-refractivity contribution >= 4 is 41.5 Å². The molecule has 1 atom stereocenters. The number of hydrogen-bond donors (Lipinski definition) is 2. The Morgan fingerprint density at radius 3 is 2.67 bits per heavy atom. The van der Waals surface area contributed by atoms with Gasteiger partial charge in [0, 0.05) is 12.5 Å². The van der Waals surface area contributed by atoms with Gasteiger partial charge in [0.05, 0.1) is 15.6 Å². The van der Waals surface area contributed by atoms with E-state index >= 15 is 0 Å². The molecule has 0 radical (unpaired) electrons. The predicted molar refractivity (Wildman–Crippen MR) is 90.5 cm³/mol. The number of carbonyl (C=O) groups excluding carboxylic acids is 1. The Labute approximate surface area is 142 Å². The van der Waals surface area contributed by atoms with Crippen LogP contribution in [0.2, 0.25) is 10.0 Å². The molecule has 2 N–H and O–H groups in total. The van der Waals surface area contributed by atoms with Gasteiger partial charge in [0.15, 0.2) is 0 Å². The minimum absolute atomic E-state index is 0. The quantitative estimate of drug-likeness (QED) is 0.863. The first-order valence-corrected chi connectivity index (χ1v) is 7.64. The molecule has 1 unspecified atom stereocenters. The van der Waals surface area contributed by atoms with Crippen molar-refractivity contribution in [2.24, 2.45) is 0 Å². The van der Waals surface area contributed by atoms with Crippen molar-refractivity contribution in [3.8, 4) is 0 Å². The summed E-state index contributed by atoms with van der Waals surface area (Å²) in [5, 5.41) is 7.42. The Bertz CT molecular complexity index is 500. The standard InChI is InChI=1S/C15H20Cl2N2O.ClH/c1-15(2,10-5-6-12(16)13(17)8-10)19-14(20)9-11-4-3-7-18-11;/h5-6,8,11,18H,3-4,7,9H2,1-2H3,(H,19,20);1H. The topological polar surface area (TPSA) is 41.1 Å². The highest BCUT2D eigenvalue weighted by molar-refractivity contribution is 6.42. The van der Waals surface area contributed by atoms with Crippen molar-refractivity contribution in [1.82, 2.24) is 10.6 Å². The van der Waals surface area contributed by atoms with Gasteiger partial charge in [-0.2, -0.15) is 0 Å². The Morgan fingerprint density at radius 2 is 2.10 bits per heavy atom. The molecule has 0 saturated carbocycles. The number of hydrogen-bond acceptors (Lipinski definition) is 2. The molecular formula is C15H21Cl3N2O. The van der Waals surface area contributed by atoms with E-state index in [0.717, 1.165) is 24.9 Å². The van der Waals surface area contributed by atoms with Gasteiger partial charge >= 0.3 is 0 Å². The van der Waals surface area contributed by atoms with Crippen LogP contribution in [-0.2, 0) is 10.3 Å². The van der Waals surface area contributed by atoms with E-state index in [0.29, 0.717) is 22.5 Å². The second-order valence-electron chi connectivity index (χ2n) is 5.80. The molecule has 1 aromatic carbocycles. The molecule has 1 aliphatic heterocycles. The summed E-state index contributed by atoms with van der Waals surface area (Å²) in [6.45, 7) is 4.94.